The van der Waals surface area contributed by atoms with Gasteiger partial charge in [-0.15, -0.1) is 0 Å². The molecule has 2 aromatic rings. The summed E-state index contributed by atoms with van der Waals surface area (Å²) in [4.78, 5) is 31.3. The number of nitrogens with one attached hydrogen (secondary N) is 1. The second kappa shape index (κ2) is 7.23. The fourth-order valence-corrected chi connectivity index (χ4v) is 4.08. The van der Waals surface area contributed by atoms with Crippen LogP contribution >= 0.6 is 0 Å². The van der Waals surface area contributed by atoms with E-state index in [1.807, 2.05) is 25.7 Å². The molecule has 0 spiro atoms. The number of hydrogen-bond donors (Lipinski definition) is 2. The van der Waals surface area contributed by atoms with E-state index in [1.54, 1.807) is 11.7 Å². The Labute approximate surface area is 153 Å². The Hall–Kier alpha value is -2.15. The van der Waals surface area contributed by atoms with Crippen LogP contribution in [0.2, 0.25) is 0 Å². The van der Waals surface area contributed by atoms with Gasteiger partial charge in [-0.3, -0.25) is 19.4 Å². The molecule has 1 aliphatic heterocycles. The number of carbonyl (C=O) groups excluding carboxylic acids is 1. The SMILES string of the molecule is Cc1nc2c(c(C)c1CCC(=O)N1CCC(C(C)N)CC1)c(=O)[nH]n2C. The van der Waals surface area contributed by atoms with E-state index >= 15 is 0 Å². The van der Waals surface area contributed by atoms with Crippen LogP contribution < -0.4 is 11.3 Å². The van der Waals surface area contributed by atoms with Crippen molar-refractivity contribution in [3.05, 3.63) is 27.2 Å². The van der Waals surface area contributed by atoms with Crippen molar-refractivity contribution in [3.63, 3.8) is 0 Å². The van der Waals surface area contributed by atoms with E-state index < -0.39 is 0 Å². The molecule has 2 aromatic heterocycles. The van der Waals surface area contributed by atoms with Crippen LogP contribution in [-0.4, -0.2) is 44.7 Å². The number of amides is 1. The van der Waals surface area contributed by atoms with Crippen molar-refractivity contribution in [2.45, 2.75) is 52.5 Å². The predicted octanol–water partition coefficient (Wildman–Crippen LogP) is 1.40. The summed E-state index contributed by atoms with van der Waals surface area (Å²) in [6, 6.07) is 0.194. The summed E-state index contributed by atoms with van der Waals surface area (Å²) in [5.41, 5.74) is 9.33. The van der Waals surface area contributed by atoms with Crippen molar-refractivity contribution in [2.75, 3.05) is 13.1 Å². The molecule has 0 aromatic carbocycles. The highest BCUT2D eigenvalue weighted by molar-refractivity contribution is 5.81. The molecular formula is C19H29N5O2. The molecule has 1 atom stereocenters. The molecule has 3 rings (SSSR count). The highest BCUT2D eigenvalue weighted by Crippen LogP contribution is 2.23. The quantitative estimate of drug-likeness (QED) is 0.862. The van der Waals surface area contributed by atoms with Crippen molar-refractivity contribution in [1.29, 1.82) is 0 Å². The summed E-state index contributed by atoms with van der Waals surface area (Å²) in [5.74, 6) is 0.689. The third kappa shape index (κ3) is 3.40. The summed E-state index contributed by atoms with van der Waals surface area (Å²) in [5, 5.41) is 3.38. The van der Waals surface area contributed by atoms with Gasteiger partial charge < -0.3 is 10.6 Å². The Morgan fingerprint density at radius 1 is 1.35 bits per heavy atom. The van der Waals surface area contributed by atoms with Crippen LogP contribution in [0.25, 0.3) is 11.0 Å². The van der Waals surface area contributed by atoms with Gasteiger partial charge in [0.05, 0.1) is 5.39 Å². The molecule has 7 heteroatoms. The molecular weight excluding hydrogens is 330 g/mol. The molecule has 142 valence electrons. The maximum Gasteiger partial charge on any atom is 0.273 e. The van der Waals surface area contributed by atoms with Gasteiger partial charge in [-0.05, 0) is 57.1 Å². The number of pyridine rings is 1. The number of piperidine rings is 1. The number of nitrogens with zero attached hydrogens (tertiary/aromatic N) is 3. The Morgan fingerprint density at radius 2 is 2.00 bits per heavy atom. The number of hydrogen-bond acceptors (Lipinski definition) is 4. The van der Waals surface area contributed by atoms with Gasteiger partial charge in [-0.25, -0.2) is 4.98 Å². The van der Waals surface area contributed by atoms with Crippen LogP contribution in [0.5, 0.6) is 0 Å². The molecule has 1 unspecified atom stereocenters. The van der Waals surface area contributed by atoms with Crippen molar-refractivity contribution in [1.82, 2.24) is 19.7 Å². The number of carbonyl (C=O) groups is 1. The standard InChI is InChI=1S/C19H29N5O2/c1-11-15(13(3)21-18-17(11)19(26)22-23(18)4)5-6-16(25)24-9-7-14(8-10-24)12(2)20/h12,14H,5-10,20H2,1-4H3,(H,22,26). The molecule has 26 heavy (non-hydrogen) atoms. The van der Waals surface area contributed by atoms with E-state index in [0.29, 0.717) is 29.8 Å². The van der Waals surface area contributed by atoms with E-state index in [0.717, 1.165) is 42.8 Å². The first kappa shape index (κ1) is 18.6. The number of nitrogens with two attached hydrogens (primary N) is 1. The second-order valence-corrected chi connectivity index (χ2v) is 7.58. The van der Waals surface area contributed by atoms with Crippen molar-refractivity contribution < 1.29 is 4.79 Å². The first-order chi connectivity index (χ1) is 12.3. The number of aromatic nitrogens is 3. The number of likely N-dealkylation sites (tertiary alicyclic amines) is 1. The topological polar surface area (TPSA) is 97.0 Å². The van der Waals surface area contributed by atoms with Gasteiger partial charge in [0.1, 0.15) is 0 Å². The zero-order valence-corrected chi connectivity index (χ0v) is 16.1. The summed E-state index contributed by atoms with van der Waals surface area (Å²) in [7, 11) is 1.78. The molecule has 1 fully saturated rings. The zero-order valence-electron chi connectivity index (χ0n) is 16.1. The molecule has 7 nitrogen and oxygen atoms in total. The number of aromatic amines is 1. The maximum atomic E-state index is 12.6. The molecule has 1 aliphatic rings. The molecule has 1 amide bonds. The fraction of sp³-hybridized carbons (Fsp3) is 0.632. The van der Waals surface area contributed by atoms with Gasteiger partial charge >= 0.3 is 0 Å². The van der Waals surface area contributed by atoms with Gasteiger partial charge in [0, 0.05) is 38.3 Å². The Balaban J connectivity index is 1.71. The van der Waals surface area contributed by atoms with E-state index in [-0.39, 0.29) is 17.5 Å². The van der Waals surface area contributed by atoms with Crippen LogP contribution in [0, 0.1) is 19.8 Å². The molecule has 0 aliphatic carbocycles. The lowest BCUT2D eigenvalue weighted by atomic mass is 9.90. The van der Waals surface area contributed by atoms with Crippen molar-refractivity contribution in [3.8, 4) is 0 Å². The lowest BCUT2D eigenvalue weighted by Gasteiger charge is -2.33. The average molecular weight is 359 g/mol. The normalized spacial score (nSPS) is 17.0. The maximum absolute atomic E-state index is 12.6. The summed E-state index contributed by atoms with van der Waals surface area (Å²) >= 11 is 0. The van der Waals surface area contributed by atoms with E-state index in [2.05, 4.69) is 10.1 Å². The number of aryl methyl sites for hydroxylation is 3. The molecule has 1 saturated heterocycles. The molecule has 3 N–H and O–H groups in total. The smallest absolute Gasteiger partial charge is 0.273 e. The zero-order chi connectivity index (χ0) is 19.0. The summed E-state index contributed by atoms with van der Waals surface area (Å²) in [6.07, 6.45) is 3.02. The van der Waals surface area contributed by atoms with E-state index in [4.69, 9.17) is 5.73 Å². The van der Waals surface area contributed by atoms with Crippen LogP contribution in [0.15, 0.2) is 4.79 Å². The van der Waals surface area contributed by atoms with Crippen LogP contribution in [0.3, 0.4) is 0 Å². The molecule has 3 heterocycles. The monoisotopic (exact) mass is 359 g/mol. The lowest BCUT2D eigenvalue weighted by molar-refractivity contribution is -0.132. The lowest BCUT2D eigenvalue weighted by Crippen LogP contribution is -2.42. The van der Waals surface area contributed by atoms with E-state index in [9.17, 15) is 9.59 Å². The largest absolute Gasteiger partial charge is 0.343 e. The van der Waals surface area contributed by atoms with Crippen LogP contribution in [-0.2, 0) is 18.3 Å². The van der Waals surface area contributed by atoms with Crippen LogP contribution in [0.1, 0.15) is 43.0 Å². The predicted molar refractivity (Wildman–Crippen MR) is 102 cm³/mol. The Bertz CT molecular complexity index is 872. The highest BCUT2D eigenvalue weighted by atomic mass is 16.2. The number of H-pyrrole nitrogens is 1. The van der Waals surface area contributed by atoms with Gasteiger partial charge in [-0.2, -0.15) is 0 Å². The number of rotatable bonds is 4. The second-order valence-electron chi connectivity index (χ2n) is 7.58. The van der Waals surface area contributed by atoms with Gasteiger partial charge in [0.2, 0.25) is 5.91 Å². The Morgan fingerprint density at radius 3 is 2.62 bits per heavy atom. The first-order valence-electron chi connectivity index (χ1n) is 9.37. The highest BCUT2D eigenvalue weighted by Gasteiger charge is 2.25. The van der Waals surface area contributed by atoms with Gasteiger partial charge in [0.15, 0.2) is 5.65 Å². The third-order valence-electron chi connectivity index (χ3n) is 5.80. The van der Waals surface area contributed by atoms with Gasteiger partial charge in [0.25, 0.3) is 5.56 Å². The molecule has 0 saturated carbocycles. The Kier molecular flexibility index (Phi) is 5.18. The average Bonchev–Trinajstić information content (AvgIpc) is 2.88. The van der Waals surface area contributed by atoms with Crippen molar-refractivity contribution in [2.24, 2.45) is 18.7 Å². The summed E-state index contributed by atoms with van der Waals surface area (Å²) < 4.78 is 1.65. The third-order valence-corrected chi connectivity index (χ3v) is 5.80. The van der Waals surface area contributed by atoms with Crippen LogP contribution in [0.4, 0.5) is 0 Å². The van der Waals surface area contributed by atoms with Gasteiger partial charge in [-0.1, -0.05) is 0 Å². The first-order valence-corrected chi connectivity index (χ1v) is 9.37. The minimum Gasteiger partial charge on any atom is -0.343 e. The summed E-state index contributed by atoms with van der Waals surface area (Å²) in [6.45, 7) is 7.51. The van der Waals surface area contributed by atoms with E-state index in [1.165, 1.54) is 0 Å². The molecule has 0 bridgehead atoms. The molecule has 0 radical (unpaired) electrons. The minimum atomic E-state index is -0.127. The fourth-order valence-electron chi connectivity index (χ4n) is 4.08. The number of fused-ring (bicyclic) bond motifs is 1. The van der Waals surface area contributed by atoms with Crippen molar-refractivity contribution >= 4 is 16.9 Å². The minimum absolute atomic E-state index is 0.127.